The molecule has 20 heavy (non-hydrogen) atoms. The quantitative estimate of drug-likeness (QED) is 0.639. The summed E-state index contributed by atoms with van der Waals surface area (Å²) in [4.78, 5) is 11.3. The molecule has 0 aliphatic carbocycles. The number of amides is 1. The Kier molecular flexibility index (Phi) is 8.22. The Balaban J connectivity index is 2.02. The van der Waals surface area contributed by atoms with Gasteiger partial charge in [0, 0.05) is 26.1 Å². The van der Waals surface area contributed by atoms with Crippen LogP contribution in [-0.4, -0.2) is 39.3 Å². The second-order valence-electron chi connectivity index (χ2n) is 4.37. The van der Waals surface area contributed by atoms with Crippen molar-refractivity contribution in [2.24, 2.45) is 0 Å². The van der Waals surface area contributed by atoms with E-state index in [1.54, 1.807) is 7.11 Å². The van der Waals surface area contributed by atoms with Gasteiger partial charge in [0.05, 0.1) is 7.11 Å². The van der Waals surface area contributed by atoms with E-state index in [9.17, 15) is 4.79 Å². The van der Waals surface area contributed by atoms with E-state index >= 15 is 0 Å². The summed E-state index contributed by atoms with van der Waals surface area (Å²) in [7, 11) is 1.64. The lowest BCUT2D eigenvalue weighted by Crippen LogP contribution is -2.29. The van der Waals surface area contributed by atoms with Gasteiger partial charge in [-0.3, -0.25) is 4.79 Å². The van der Waals surface area contributed by atoms with Crippen LogP contribution in [-0.2, 0) is 4.79 Å². The molecule has 0 spiro atoms. The third-order valence-corrected chi connectivity index (χ3v) is 2.71. The van der Waals surface area contributed by atoms with Crippen molar-refractivity contribution in [2.45, 2.75) is 19.8 Å². The predicted octanol–water partition coefficient (Wildman–Crippen LogP) is 1.58. The molecule has 0 fully saturated rings. The first-order valence-electron chi connectivity index (χ1n) is 7.00. The van der Waals surface area contributed by atoms with Gasteiger partial charge in [-0.05, 0) is 30.7 Å². The molecule has 0 saturated carbocycles. The van der Waals surface area contributed by atoms with Crippen LogP contribution in [0.3, 0.4) is 0 Å². The molecule has 1 aromatic carbocycles. The fourth-order valence-corrected chi connectivity index (χ4v) is 1.59. The maximum absolute atomic E-state index is 11.3. The molecule has 0 radical (unpaired) electrons. The van der Waals surface area contributed by atoms with Crippen LogP contribution in [0.2, 0.25) is 0 Å². The fourth-order valence-electron chi connectivity index (χ4n) is 1.59. The number of rotatable bonds is 10. The molecule has 1 amide bonds. The summed E-state index contributed by atoms with van der Waals surface area (Å²) in [6.07, 6.45) is 1.47. The average molecular weight is 280 g/mol. The molecule has 2 N–H and O–H groups in total. The average Bonchev–Trinajstić information content (AvgIpc) is 2.49. The Bertz CT molecular complexity index is 379. The molecule has 0 atom stereocenters. The summed E-state index contributed by atoms with van der Waals surface area (Å²) in [5.41, 5.74) is 0. The minimum atomic E-state index is 0.0930. The third kappa shape index (κ3) is 6.99. The van der Waals surface area contributed by atoms with Gasteiger partial charge in [-0.1, -0.05) is 6.92 Å². The first-order chi connectivity index (χ1) is 9.76. The Morgan fingerprint density at radius 2 is 1.80 bits per heavy atom. The molecule has 5 heteroatoms. The molecule has 1 aromatic rings. The highest BCUT2D eigenvalue weighted by atomic mass is 16.5. The summed E-state index contributed by atoms with van der Waals surface area (Å²) in [6, 6.07) is 7.47. The molecular formula is C15H24N2O3. The highest BCUT2D eigenvalue weighted by Crippen LogP contribution is 2.16. The number of hydrogen-bond acceptors (Lipinski definition) is 4. The van der Waals surface area contributed by atoms with Gasteiger partial charge in [-0.15, -0.1) is 0 Å². The van der Waals surface area contributed by atoms with Crippen molar-refractivity contribution >= 4 is 5.91 Å². The lowest BCUT2D eigenvalue weighted by atomic mass is 10.3. The molecule has 0 bridgehead atoms. The van der Waals surface area contributed by atoms with E-state index in [0.717, 1.165) is 24.5 Å². The summed E-state index contributed by atoms with van der Waals surface area (Å²) in [5.74, 6) is 1.72. The lowest BCUT2D eigenvalue weighted by Gasteiger charge is -2.08. The smallest absolute Gasteiger partial charge is 0.221 e. The highest BCUT2D eigenvalue weighted by Gasteiger charge is 1.99. The SMILES string of the molecule is CCCNC(=O)CCNCCOc1ccc(OC)cc1. The highest BCUT2D eigenvalue weighted by molar-refractivity contribution is 5.75. The maximum Gasteiger partial charge on any atom is 0.221 e. The van der Waals surface area contributed by atoms with E-state index < -0.39 is 0 Å². The molecule has 0 aliphatic heterocycles. The Morgan fingerprint density at radius 3 is 2.45 bits per heavy atom. The van der Waals surface area contributed by atoms with Crippen LogP contribution in [0, 0.1) is 0 Å². The topological polar surface area (TPSA) is 59.6 Å². The van der Waals surface area contributed by atoms with Crippen molar-refractivity contribution in [1.29, 1.82) is 0 Å². The van der Waals surface area contributed by atoms with Gasteiger partial charge in [0.1, 0.15) is 18.1 Å². The van der Waals surface area contributed by atoms with Crippen molar-refractivity contribution < 1.29 is 14.3 Å². The normalized spacial score (nSPS) is 10.1. The van der Waals surface area contributed by atoms with Crippen molar-refractivity contribution in [2.75, 3.05) is 33.4 Å². The van der Waals surface area contributed by atoms with Gasteiger partial charge in [-0.25, -0.2) is 0 Å². The monoisotopic (exact) mass is 280 g/mol. The van der Waals surface area contributed by atoms with Gasteiger partial charge in [-0.2, -0.15) is 0 Å². The predicted molar refractivity (Wildman–Crippen MR) is 79.3 cm³/mol. The number of carbonyl (C=O) groups excluding carboxylic acids is 1. The molecule has 0 heterocycles. The maximum atomic E-state index is 11.3. The minimum Gasteiger partial charge on any atom is -0.497 e. The zero-order chi connectivity index (χ0) is 14.6. The van der Waals surface area contributed by atoms with Crippen molar-refractivity contribution in [3.63, 3.8) is 0 Å². The van der Waals surface area contributed by atoms with Gasteiger partial charge in [0.2, 0.25) is 5.91 Å². The number of benzene rings is 1. The van der Waals surface area contributed by atoms with E-state index in [0.29, 0.717) is 26.1 Å². The minimum absolute atomic E-state index is 0.0930. The van der Waals surface area contributed by atoms with Crippen LogP contribution >= 0.6 is 0 Å². The number of nitrogens with one attached hydrogen (secondary N) is 2. The number of carbonyl (C=O) groups is 1. The second kappa shape index (κ2) is 10.1. The molecule has 0 unspecified atom stereocenters. The van der Waals surface area contributed by atoms with E-state index in [2.05, 4.69) is 10.6 Å². The lowest BCUT2D eigenvalue weighted by molar-refractivity contribution is -0.120. The zero-order valence-corrected chi connectivity index (χ0v) is 12.3. The second-order valence-corrected chi connectivity index (χ2v) is 4.37. The molecule has 112 valence electrons. The summed E-state index contributed by atoms with van der Waals surface area (Å²) >= 11 is 0. The third-order valence-electron chi connectivity index (χ3n) is 2.71. The zero-order valence-electron chi connectivity index (χ0n) is 12.3. The van der Waals surface area contributed by atoms with E-state index in [-0.39, 0.29) is 5.91 Å². The Morgan fingerprint density at radius 1 is 1.10 bits per heavy atom. The van der Waals surface area contributed by atoms with Crippen LogP contribution in [0.1, 0.15) is 19.8 Å². The van der Waals surface area contributed by atoms with E-state index in [4.69, 9.17) is 9.47 Å². The van der Waals surface area contributed by atoms with Crippen molar-refractivity contribution in [3.8, 4) is 11.5 Å². The first-order valence-corrected chi connectivity index (χ1v) is 7.00. The fraction of sp³-hybridized carbons (Fsp3) is 0.533. The molecule has 0 saturated heterocycles. The Labute approximate surface area is 120 Å². The van der Waals surface area contributed by atoms with Gasteiger partial charge < -0.3 is 20.1 Å². The standard InChI is InChI=1S/C15H24N2O3/c1-3-9-17-15(18)8-10-16-11-12-20-14-6-4-13(19-2)5-7-14/h4-7,16H,3,8-12H2,1-2H3,(H,17,18). The number of ether oxygens (including phenoxy) is 2. The first kappa shape index (κ1) is 16.3. The van der Waals surface area contributed by atoms with Crippen molar-refractivity contribution in [1.82, 2.24) is 10.6 Å². The van der Waals surface area contributed by atoms with Gasteiger partial charge in [0.25, 0.3) is 0 Å². The largest absolute Gasteiger partial charge is 0.497 e. The van der Waals surface area contributed by atoms with E-state index in [1.165, 1.54) is 0 Å². The van der Waals surface area contributed by atoms with Crippen LogP contribution in [0.5, 0.6) is 11.5 Å². The molecule has 5 nitrogen and oxygen atoms in total. The van der Waals surface area contributed by atoms with Gasteiger partial charge >= 0.3 is 0 Å². The number of methoxy groups -OCH3 is 1. The molecule has 0 aromatic heterocycles. The van der Waals surface area contributed by atoms with Crippen LogP contribution in [0.25, 0.3) is 0 Å². The van der Waals surface area contributed by atoms with Crippen LogP contribution < -0.4 is 20.1 Å². The molecule has 0 aliphatic rings. The van der Waals surface area contributed by atoms with Crippen LogP contribution in [0.4, 0.5) is 0 Å². The van der Waals surface area contributed by atoms with Gasteiger partial charge in [0.15, 0.2) is 0 Å². The molecule has 1 rings (SSSR count). The van der Waals surface area contributed by atoms with Crippen molar-refractivity contribution in [3.05, 3.63) is 24.3 Å². The summed E-state index contributed by atoms with van der Waals surface area (Å²) < 4.78 is 10.6. The number of hydrogen-bond donors (Lipinski definition) is 2. The van der Waals surface area contributed by atoms with Crippen LogP contribution in [0.15, 0.2) is 24.3 Å². The van der Waals surface area contributed by atoms with E-state index in [1.807, 2.05) is 31.2 Å². The summed E-state index contributed by atoms with van der Waals surface area (Å²) in [6.45, 7) is 4.74. The Hall–Kier alpha value is -1.75. The summed E-state index contributed by atoms with van der Waals surface area (Å²) in [5, 5.41) is 6.01. The molecular weight excluding hydrogens is 256 g/mol.